The quantitative estimate of drug-likeness (QED) is 0.891. The summed E-state index contributed by atoms with van der Waals surface area (Å²) in [6, 6.07) is 6.90. The molecule has 0 atom stereocenters. The maximum atomic E-state index is 11.7. The molecule has 1 N–H and O–H groups in total. The number of thiazole rings is 1. The Morgan fingerprint density at radius 1 is 1.25 bits per heavy atom. The van der Waals surface area contributed by atoms with E-state index in [9.17, 15) is 8.42 Å². The fourth-order valence-electron chi connectivity index (χ4n) is 1.78. The first kappa shape index (κ1) is 15.0. The third-order valence-corrected chi connectivity index (χ3v) is 5.70. The van der Waals surface area contributed by atoms with Gasteiger partial charge in [0.2, 0.25) is 0 Å². The average Bonchev–Trinajstić information content (AvgIpc) is 2.85. The molecule has 6 heteroatoms. The van der Waals surface area contributed by atoms with Gasteiger partial charge in [-0.15, -0.1) is 11.3 Å². The van der Waals surface area contributed by atoms with Crippen LogP contribution in [0.2, 0.25) is 0 Å². The van der Waals surface area contributed by atoms with E-state index >= 15 is 0 Å². The van der Waals surface area contributed by atoms with Crippen molar-refractivity contribution in [3.05, 3.63) is 40.3 Å². The van der Waals surface area contributed by atoms with Gasteiger partial charge in [-0.3, -0.25) is 0 Å². The lowest BCUT2D eigenvalue weighted by Gasteiger charge is -2.06. The van der Waals surface area contributed by atoms with Crippen LogP contribution in [0.3, 0.4) is 0 Å². The number of benzene rings is 1. The van der Waals surface area contributed by atoms with Crippen LogP contribution in [0.15, 0.2) is 34.5 Å². The molecule has 0 saturated carbocycles. The van der Waals surface area contributed by atoms with Crippen molar-refractivity contribution < 1.29 is 8.42 Å². The molecule has 0 radical (unpaired) electrons. The summed E-state index contributed by atoms with van der Waals surface area (Å²) in [4.78, 5) is 4.77. The number of anilines is 1. The van der Waals surface area contributed by atoms with Crippen molar-refractivity contribution >= 4 is 26.9 Å². The minimum Gasteiger partial charge on any atom is -0.385 e. The molecule has 2 rings (SSSR count). The van der Waals surface area contributed by atoms with Gasteiger partial charge in [0.15, 0.2) is 9.84 Å². The number of sulfone groups is 1. The molecule has 0 amide bonds. The van der Waals surface area contributed by atoms with Crippen LogP contribution >= 0.6 is 11.3 Å². The van der Waals surface area contributed by atoms with Crippen LogP contribution in [0.1, 0.15) is 17.6 Å². The van der Waals surface area contributed by atoms with Crippen molar-refractivity contribution in [1.82, 2.24) is 4.98 Å². The van der Waals surface area contributed by atoms with E-state index in [0.29, 0.717) is 4.90 Å². The molecule has 1 heterocycles. The van der Waals surface area contributed by atoms with Crippen LogP contribution in [-0.4, -0.2) is 25.7 Å². The lowest BCUT2D eigenvalue weighted by Crippen LogP contribution is -2.06. The predicted molar refractivity (Wildman–Crippen MR) is 83.2 cm³/mol. The second-order valence-electron chi connectivity index (χ2n) is 4.49. The van der Waals surface area contributed by atoms with Crippen LogP contribution in [-0.2, 0) is 16.3 Å². The van der Waals surface area contributed by atoms with Crippen LogP contribution in [0.25, 0.3) is 0 Å². The lowest BCUT2D eigenvalue weighted by atomic mass is 10.3. The Balaban J connectivity index is 1.91. The number of aromatic nitrogens is 1. The molecule has 0 spiro atoms. The first-order valence-electron chi connectivity index (χ1n) is 6.49. The molecule has 0 aliphatic rings. The molecule has 1 aromatic heterocycles. The minimum absolute atomic E-state index is 0.128. The van der Waals surface area contributed by atoms with Crippen molar-refractivity contribution in [2.45, 2.75) is 25.2 Å². The van der Waals surface area contributed by atoms with E-state index in [-0.39, 0.29) is 5.75 Å². The molecular formula is C14H18N2O2S2. The predicted octanol–water partition coefficient (Wildman–Crippen LogP) is 2.90. The maximum Gasteiger partial charge on any atom is 0.178 e. The normalized spacial score (nSPS) is 11.5. The summed E-state index contributed by atoms with van der Waals surface area (Å²) >= 11 is 1.66. The van der Waals surface area contributed by atoms with Crippen molar-refractivity contribution in [2.75, 3.05) is 17.6 Å². The van der Waals surface area contributed by atoms with Gasteiger partial charge >= 0.3 is 0 Å². The first-order valence-corrected chi connectivity index (χ1v) is 9.02. The number of hydrogen-bond donors (Lipinski definition) is 1. The van der Waals surface area contributed by atoms with E-state index < -0.39 is 9.84 Å². The molecular weight excluding hydrogens is 292 g/mol. The molecule has 2 aromatic rings. The van der Waals surface area contributed by atoms with E-state index in [0.717, 1.165) is 29.4 Å². The number of nitrogens with one attached hydrogen (secondary N) is 1. The number of hydrogen-bond acceptors (Lipinski definition) is 5. The summed E-state index contributed by atoms with van der Waals surface area (Å²) < 4.78 is 23.4. The lowest BCUT2D eigenvalue weighted by molar-refractivity contribution is 0.597. The highest BCUT2D eigenvalue weighted by molar-refractivity contribution is 7.91. The Hall–Kier alpha value is -1.40. The highest BCUT2D eigenvalue weighted by Gasteiger charge is 2.10. The second kappa shape index (κ2) is 6.37. The largest absolute Gasteiger partial charge is 0.385 e. The summed E-state index contributed by atoms with van der Waals surface area (Å²) in [7, 11) is -3.11. The van der Waals surface area contributed by atoms with Crippen molar-refractivity contribution in [1.29, 1.82) is 0 Å². The smallest absolute Gasteiger partial charge is 0.178 e. The minimum atomic E-state index is -3.11. The Morgan fingerprint density at radius 2 is 1.95 bits per heavy atom. The van der Waals surface area contributed by atoms with Gasteiger partial charge in [-0.05, 0) is 31.2 Å². The zero-order valence-corrected chi connectivity index (χ0v) is 13.2. The van der Waals surface area contributed by atoms with E-state index in [2.05, 4.69) is 10.3 Å². The van der Waals surface area contributed by atoms with Crippen LogP contribution in [0.5, 0.6) is 0 Å². The summed E-state index contributed by atoms with van der Waals surface area (Å²) in [5.74, 6) is 0.128. The summed E-state index contributed by atoms with van der Waals surface area (Å²) in [5, 5.41) is 6.42. The van der Waals surface area contributed by atoms with E-state index in [1.165, 1.54) is 0 Å². The second-order valence-corrected chi connectivity index (χ2v) is 7.71. The van der Waals surface area contributed by atoms with Gasteiger partial charge < -0.3 is 5.32 Å². The Kier molecular flexibility index (Phi) is 4.77. The SMILES string of the molecule is CCS(=O)(=O)c1ccc(NCCc2nc(C)cs2)cc1. The highest BCUT2D eigenvalue weighted by atomic mass is 32.2. The van der Waals surface area contributed by atoms with E-state index in [4.69, 9.17) is 0 Å². The monoisotopic (exact) mass is 310 g/mol. The van der Waals surface area contributed by atoms with Gasteiger partial charge in [0.25, 0.3) is 0 Å². The average molecular weight is 310 g/mol. The summed E-state index contributed by atoms with van der Waals surface area (Å²) in [6.45, 7) is 4.42. The molecule has 4 nitrogen and oxygen atoms in total. The van der Waals surface area contributed by atoms with Crippen molar-refractivity contribution in [3.8, 4) is 0 Å². The van der Waals surface area contributed by atoms with Gasteiger partial charge in [0.1, 0.15) is 0 Å². The van der Waals surface area contributed by atoms with Crippen LogP contribution in [0.4, 0.5) is 5.69 Å². The zero-order valence-electron chi connectivity index (χ0n) is 11.6. The van der Waals surface area contributed by atoms with Gasteiger partial charge in [-0.2, -0.15) is 0 Å². The molecule has 0 aliphatic carbocycles. The summed E-state index contributed by atoms with van der Waals surface area (Å²) in [5.41, 5.74) is 1.98. The highest BCUT2D eigenvalue weighted by Crippen LogP contribution is 2.16. The first-order chi connectivity index (χ1) is 9.51. The fraction of sp³-hybridized carbons (Fsp3) is 0.357. The third-order valence-electron chi connectivity index (χ3n) is 2.93. The zero-order chi connectivity index (χ0) is 14.6. The maximum absolute atomic E-state index is 11.7. The van der Waals surface area contributed by atoms with Crippen molar-refractivity contribution in [2.24, 2.45) is 0 Å². The van der Waals surface area contributed by atoms with Gasteiger partial charge in [0, 0.05) is 29.7 Å². The topological polar surface area (TPSA) is 59.1 Å². The van der Waals surface area contributed by atoms with E-state index in [1.54, 1.807) is 42.5 Å². The van der Waals surface area contributed by atoms with Gasteiger partial charge in [-0.1, -0.05) is 6.92 Å². The number of aryl methyl sites for hydroxylation is 1. The molecule has 0 saturated heterocycles. The molecule has 0 unspecified atom stereocenters. The van der Waals surface area contributed by atoms with Crippen LogP contribution in [0, 0.1) is 6.92 Å². The van der Waals surface area contributed by atoms with E-state index in [1.807, 2.05) is 12.3 Å². The molecule has 0 bridgehead atoms. The van der Waals surface area contributed by atoms with Crippen LogP contribution < -0.4 is 5.32 Å². The van der Waals surface area contributed by atoms with Gasteiger partial charge in [-0.25, -0.2) is 13.4 Å². The summed E-state index contributed by atoms with van der Waals surface area (Å²) in [6.07, 6.45) is 0.869. The number of rotatable bonds is 6. The Morgan fingerprint density at radius 3 is 2.50 bits per heavy atom. The molecule has 0 fully saturated rings. The molecule has 108 valence electrons. The Labute approximate surface area is 123 Å². The third kappa shape index (κ3) is 3.80. The van der Waals surface area contributed by atoms with Gasteiger partial charge in [0.05, 0.1) is 15.7 Å². The van der Waals surface area contributed by atoms with Crippen molar-refractivity contribution in [3.63, 3.8) is 0 Å². The molecule has 1 aromatic carbocycles. The standard InChI is InChI=1S/C14H18N2O2S2/c1-3-20(17,18)13-6-4-12(5-7-13)15-9-8-14-16-11(2)10-19-14/h4-7,10,15H,3,8-9H2,1-2H3. The fourth-order valence-corrected chi connectivity index (χ4v) is 3.44. The Bertz CT molecular complexity index is 661. The molecule has 20 heavy (non-hydrogen) atoms. The molecule has 0 aliphatic heterocycles. The number of nitrogens with zero attached hydrogens (tertiary/aromatic N) is 1.